The van der Waals surface area contributed by atoms with Gasteiger partial charge in [-0.3, -0.25) is 4.79 Å². The van der Waals surface area contributed by atoms with E-state index in [9.17, 15) is 4.79 Å². The van der Waals surface area contributed by atoms with Crippen molar-refractivity contribution < 1.29 is 9.53 Å². The van der Waals surface area contributed by atoms with Gasteiger partial charge in [-0.2, -0.15) is 5.10 Å². The van der Waals surface area contributed by atoms with Gasteiger partial charge in [0.05, 0.1) is 18.8 Å². The minimum absolute atomic E-state index is 0.0507. The van der Waals surface area contributed by atoms with E-state index in [1.807, 2.05) is 45.0 Å². The average Bonchev–Trinajstić information content (AvgIpc) is 2.86. The molecule has 5 nitrogen and oxygen atoms in total. The zero-order valence-corrected chi connectivity index (χ0v) is 15.9. The standard InChI is InChI=1S/C20H29N3O2/c1-6-25-18-10-8-17(9-11-18)21-13-20(24)23-16(5)19(15(4)22-23)12-7-14(2)3/h8-11,14,21H,6-7,12-13H2,1-5H3. The number of anilines is 1. The normalized spacial score (nSPS) is 11.0. The number of hydrogen-bond donors (Lipinski definition) is 1. The highest BCUT2D eigenvalue weighted by Gasteiger charge is 2.16. The first-order valence-corrected chi connectivity index (χ1v) is 8.97. The van der Waals surface area contributed by atoms with Gasteiger partial charge in [-0.05, 0) is 69.4 Å². The molecule has 0 saturated carbocycles. The second kappa shape index (κ2) is 8.70. The van der Waals surface area contributed by atoms with E-state index in [1.54, 1.807) is 0 Å². The fourth-order valence-corrected chi connectivity index (χ4v) is 2.80. The van der Waals surface area contributed by atoms with Crippen LogP contribution in [0.2, 0.25) is 0 Å². The second-order valence-corrected chi connectivity index (χ2v) is 6.70. The summed E-state index contributed by atoms with van der Waals surface area (Å²) >= 11 is 0. The predicted molar refractivity (Wildman–Crippen MR) is 102 cm³/mol. The van der Waals surface area contributed by atoms with Crippen molar-refractivity contribution in [3.8, 4) is 5.75 Å². The Morgan fingerprint density at radius 3 is 2.52 bits per heavy atom. The Bertz CT molecular complexity index is 702. The fourth-order valence-electron chi connectivity index (χ4n) is 2.80. The molecule has 5 heteroatoms. The van der Waals surface area contributed by atoms with Crippen LogP contribution in [0.4, 0.5) is 5.69 Å². The Labute approximate surface area is 150 Å². The molecule has 2 aromatic rings. The quantitative estimate of drug-likeness (QED) is 0.779. The third-order valence-electron chi connectivity index (χ3n) is 4.26. The second-order valence-electron chi connectivity index (χ2n) is 6.70. The maximum atomic E-state index is 12.5. The van der Waals surface area contributed by atoms with Gasteiger partial charge in [0.15, 0.2) is 0 Å². The van der Waals surface area contributed by atoms with Crippen molar-refractivity contribution in [2.24, 2.45) is 5.92 Å². The van der Waals surface area contributed by atoms with Crippen molar-refractivity contribution in [3.05, 3.63) is 41.2 Å². The lowest BCUT2D eigenvalue weighted by Gasteiger charge is -2.09. The van der Waals surface area contributed by atoms with E-state index in [0.717, 1.165) is 35.7 Å². The molecule has 0 unspecified atom stereocenters. The molecule has 0 saturated heterocycles. The summed E-state index contributed by atoms with van der Waals surface area (Å²) in [6, 6.07) is 7.61. The Morgan fingerprint density at radius 2 is 1.92 bits per heavy atom. The first kappa shape index (κ1) is 19.0. The SMILES string of the molecule is CCOc1ccc(NCC(=O)n2nc(C)c(CCC(C)C)c2C)cc1. The largest absolute Gasteiger partial charge is 0.494 e. The van der Waals surface area contributed by atoms with E-state index in [0.29, 0.717) is 12.5 Å². The number of nitrogens with zero attached hydrogens (tertiary/aromatic N) is 2. The van der Waals surface area contributed by atoms with Gasteiger partial charge in [0.25, 0.3) is 5.91 Å². The van der Waals surface area contributed by atoms with Crippen LogP contribution >= 0.6 is 0 Å². The molecule has 1 heterocycles. The van der Waals surface area contributed by atoms with E-state index in [4.69, 9.17) is 4.74 Å². The molecule has 1 aromatic carbocycles. The average molecular weight is 343 g/mol. The van der Waals surface area contributed by atoms with Gasteiger partial charge < -0.3 is 10.1 Å². The van der Waals surface area contributed by atoms with Crippen molar-refractivity contribution in [1.82, 2.24) is 9.78 Å². The van der Waals surface area contributed by atoms with Crippen LogP contribution in [0.1, 0.15) is 48.9 Å². The smallest absolute Gasteiger partial charge is 0.266 e. The van der Waals surface area contributed by atoms with Crippen LogP contribution in [-0.2, 0) is 6.42 Å². The van der Waals surface area contributed by atoms with Gasteiger partial charge in [-0.15, -0.1) is 0 Å². The number of carbonyl (C=O) groups is 1. The third kappa shape index (κ3) is 5.08. The molecule has 2 rings (SSSR count). The van der Waals surface area contributed by atoms with E-state index in [2.05, 4.69) is 24.3 Å². The molecule has 0 atom stereocenters. The van der Waals surface area contributed by atoms with Crippen molar-refractivity contribution in [1.29, 1.82) is 0 Å². The van der Waals surface area contributed by atoms with Gasteiger partial charge >= 0.3 is 0 Å². The lowest BCUT2D eigenvalue weighted by molar-refractivity contribution is 0.0910. The molecule has 0 radical (unpaired) electrons. The van der Waals surface area contributed by atoms with Crippen LogP contribution in [-0.4, -0.2) is 28.8 Å². The summed E-state index contributed by atoms with van der Waals surface area (Å²) in [5, 5.41) is 7.60. The summed E-state index contributed by atoms with van der Waals surface area (Å²) in [7, 11) is 0. The van der Waals surface area contributed by atoms with Crippen molar-refractivity contribution in [3.63, 3.8) is 0 Å². The Hall–Kier alpha value is -2.30. The molecule has 0 aliphatic rings. The molecule has 25 heavy (non-hydrogen) atoms. The van der Waals surface area contributed by atoms with Gasteiger partial charge in [-0.25, -0.2) is 4.68 Å². The summed E-state index contributed by atoms with van der Waals surface area (Å²) in [6.45, 7) is 11.2. The van der Waals surface area contributed by atoms with Gasteiger partial charge in [0, 0.05) is 11.4 Å². The summed E-state index contributed by atoms with van der Waals surface area (Å²) < 4.78 is 6.95. The minimum Gasteiger partial charge on any atom is -0.494 e. The number of nitrogens with one attached hydrogen (secondary N) is 1. The molecular formula is C20H29N3O2. The number of rotatable bonds is 8. The van der Waals surface area contributed by atoms with E-state index < -0.39 is 0 Å². The van der Waals surface area contributed by atoms with Crippen LogP contribution in [0.25, 0.3) is 0 Å². The molecular weight excluding hydrogens is 314 g/mol. The molecule has 0 aliphatic carbocycles. The number of benzene rings is 1. The molecule has 0 amide bonds. The first-order chi connectivity index (χ1) is 11.9. The Balaban J connectivity index is 1.99. The monoisotopic (exact) mass is 343 g/mol. The van der Waals surface area contributed by atoms with Gasteiger partial charge in [0.1, 0.15) is 5.75 Å². The van der Waals surface area contributed by atoms with Crippen LogP contribution in [0, 0.1) is 19.8 Å². The zero-order valence-electron chi connectivity index (χ0n) is 15.9. The first-order valence-electron chi connectivity index (χ1n) is 8.97. The fraction of sp³-hybridized carbons (Fsp3) is 0.500. The summed E-state index contributed by atoms with van der Waals surface area (Å²) in [4.78, 5) is 12.5. The number of ether oxygens (including phenoxy) is 1. The van der Waals surface area contributed by atoms with Gasteiger partial charge in [0.2, 0.25) is 0 Å². The molecule has 1 N–H and O–H groups in total. The lowest BCUT2D eigenvalue weighted by atomic mass is 10.0. The molecule has 136 valence electrons. The van der Waals surface area contributed by atoms with E-state index >= 15 is 0 Å². The maximum Gasteiger partial charge on any atom is 0.266 e. The van der Waals surface area contributed by atoms with Crippen molar-refractivity contribution in [2.45, 2.75) is 47.5 Å². The van der Waals surface area contributed by atoms with Crippen molar-refractivity contribution >= 4 is 11.6 Å². The Morgan fingerprint density at radius 1 is 1.24 bits per heavy atom. The Kier molecular flexibility index (Phi) is 6.62. The topological polar surface area (TPSA) is 56.1 Å². The highest BCUT2D eigenvalue weighted by Crippen LogP contribution is 2.18. The van der Waals surface area contributed by atoms with Crippen LogP contribution in [0.3, 0.4) is 0 Å². The molecule has 0 bridgehead atoms. The highest BCUT2D eigenvalue weighted by molar-refractivity contribution is 5.83. The lowest BCUT2D eigenvalue weighted by Crippen LogP contribution is -2.23. The van der Waals surface area contributed by atoms with Crippen LogP contribution in [0.15, 0.2) is 24.3 Å². The van der Waals surface area contributed by atoms with E-state index in [1.165, 1.54) is 10.2 Å². The van der Waals surface area contributed by atoms with E-state index in [-0.39, 0.29) is 12.5 Å². The number of aryl methyl sites for hydroxylation is 1. The summed E-state index contributed by atoms with van der Waals surface area (Å²) in [5.41, 5.74) is 3.99. The highest BCUT2D eigenvalue weighted by atomic mass is 16.5. The minimum atomic E-state index is -0.0507. The van der Waals surface area contributed by atoms with Gasteiger partial charge in [-0.1, -0.05) is 13.8 Å². The van der Waals surface area contributed by atoms with Crippen molar-refractivity contribution in [2.75, 3.05) is 18.5 Å². The third-order valence-corrected chi connectivity index (χ3v) is 4.26. The molecule has 0 aliphatic heterocycles. The molecule has 0 fully saturated rings. The number of carbonyl (C=O) groups excluding carboxylic acids is 1. The number of aromatic nitrogens is 2. The maximum absolute atomic E-state index is 12.5. The summed E-state index contributed by atoms with van der Waals surface area (Å²) in [6.07, 6.45) is 2.07. The number of hydrogen-bond acceptors (Lipinski definition) is 4. The zero-order chi connectivity index (χ0) is 18.4. The predicted octanol–water partition coefficient (Wildman–Crippen LogP) is 4.24. The van der Waals surface area contributed by atoms with Crippen LogP contribution in [0.5, 0.6) is 5.75 Å². The molecule has 1 aromatic heterocycles. The summed E-state index contributed by atoms with van der Waals surface area (Å²) in [5.74, 6) is 1.41. The molecule has 0 spiro atoms. The van der Waals surface area contributed by atoms with Crippen LogP contribution < -0.4 is 10.1 Å².